The Labute approximate surface area is 119 Å². The van der Waals surface area contributed by atoms with E-state index in [4.69, 9.17) is 9.52 Å². The van der Waals surface area contributed by atoms with Crippen molar-refractivity contribution in [3.8, 4) is 0 Å². The van der Waals surface area contributed by atoms with Gasteiger partial charge in [-0.3, -0.25) is 14.5 Å². The molecule has 106 valence electrons. The fraction of sp³-hybridized carbons (Fsp3) is 0.133. The van der Waals surface area contributed by atoms with Crippen molar-refractivity contribution in [3.63, 3.8) is 0 Å². The first kappa shape index (κ1) is 13.1. The highest BCUT2D eigenvalue weighted by Gasteiger charge is 2.36. The molecule has 0 bridgehead atoms. The number of rotatable bonds is 3. The molecule has 6 nitrogen and oxygen atoms in total. The predicted octanol–water partition coefficient (Wildman–Crippen LogP) is 2.02. The Morgan fingerprint density at radius 3 is 2.67 bits per heavy atom. The van der Waals surface area contributed by atoms with Gasteiger partial charge in [-0.1, -0.05) is 11.6 Å². The molecule has 1 aliphatic rings. The van der Waals surface area contributed by atoms with Gasteiger partial charge in [0.15, 0.2) is 0 Å². The molecule has 3 rings (SSSR count). The molecule has 0 spiro atoms. The van der Waals surface area contributed by atoms with Crippen LogP contribution in [0.1, 0.15) is 32.2 Å². The lowest BCUT2D eigenvalue weighted by Crippen LogP contribution is -2.28. The first-order chi connectivity index (χ1) is 9.97. The summed E-state index contributed by atoms with van der Waals surface area (Å²) in [7, 11) is 0. The fourth-order valence-electron chi connectivity index (χ4n) is 2.30. The van der Waals surface area contributed by atoms with Crippen molar-refractivity contribution < 1.29 is 23.9 Å². The van der Waals surface area contributed by atoms with Crippen LogP contribution < -0.4 is 4.90 Å². The van der Waals surface area contributed by atoms with E-state index >= 15 is 0 Å². The highest BCUT2D eigenvalue weighted by atomic mass is 16.4. The molecule has 0 aliphatic carbocycles. The lowest BCUT2D eigenvalue weighted by molar-refractivity contribution is -0.114. The molecule has 0 radical (unpaired) electrons. The van der Waals surface area contributed by atoms with Crippen LogP contribution in [0.5, 0.6) is 0 Å². The number of benzene rings is 1. The highest BCUT2D eigenvalue weighted by Crippen LogP contribution is 2.31. The third-order valence-electron chi connectivity index (χ3n) is 3.31. The van der Waals surface area contributed by atoms with Crippen molar-refractivity contribution in [2.45, 2.75) is 13.5 Å². The van der Waals surface area contributed by atoms with Gasteiger partial charge in [-0.25, -0.2) is 4.79 Å². The molecule has 0 fully saturated rings. The molecule has 0 saturated carbocycles. The second-order valence-corrected chi connectivity index (χ2v) is 4.81. The largest absolute Gasteiger partial charge is 0.475 e. The molecular weight excluding hydrogens is 274 g/mol. The molecule has 1 aromatic heterocycles. The van der Waals surface area contributed by atoms with Crippen molar-refractivity contribution in [2.75, 3.05) is 4.90 Å². The Bertz CT molecular complexity index is 774. The van der Waals surface area contributed by atoms with Crippen LogP contribution in [0.2, 0.25) is 0 Å². The lowest BCUT2D eigenvalue weighted by Gasteiger charge is -2.14. The van der Waals surface area contributed by atoms with E-state index in [0.29, 0.717) is 17.0 Å². The minimum Gasteiger partial charge on any atom is -0.475 e. The maximum Gasteiger partial charge on any atom is 0.371 e. The Morgan fingerprint density at radius 1 is 1.24 bits per heavy atom. The van der Waals surface area contributed by atoms with E-state index in [2.05, 4.69) is 0 Å². The number of carboxylic acid groups (broad SMARTS) is 1. The molecule has 1 N–H and O–H groups in total. The van der Waals surface area contributed by atoms with Gasteiger partial charge in [0.1, 0.15) is 5.76 Å². The number of amides is 1. The number of fused-ring (bicyclic) bond motifs is 1. The zero-order valence-electron chi connectivity index (χ0n) is 11.1. The van der Waals surface area contributed by atoms with Gasteiger partial charge in [-0.05, 0) is 31.2 Å². The molecule has 2 heterocycles. The number of furan rings is 1. The molecule has 2 aromatic rings. The zero-order valence-corrected chi connectivity index (χ0v) is 11.1. The van der Waals surface area contributed by atoms with Crippen molar-refractivity contribution in [1.29, 1.82) is 0 Å². The summed E-state index contributed by atoms with van der Waals surface area (Å²) in [6.45, 7) is 1.86. The van der Waals surface area contributed by atoms with Crippen LogP contribution in [0.4, 0.5) is 5.69 Å². The summed E-state index contributed by atoms with van der Waals surface area (Å²) >= 11 is 0. The van der Waals surface area contributed by atoms with Crippen LogP contribution in [0.25, 0.3) is 0 Å². The first-order valence-electron chi connectivity index (χ1n) is 6.26. The highest BCUT2D eigenvalue weighted by molar-refractivity contribution is 6.52. The van der Waals surface area contributed by atoms with E-state index in [1.54, 1.807) is 12.1 Å². The van der Waals surface area contributed by atoms with Gasteiger partial charge in [-0.2, -0.15) is 0 Å². The summed E-state index contributed by atoms with van der Waals surface area (Å²) in [6.07, 6.45) is 0. The van der Waals surface area contributed by atoms with Gasteiger partial charge in [-0.15, -0.1) is 0 Å². The predicted molar refractivity (Wildman–Crippen MR) is 72.4 cm³/mol. The molecule has 1 aromatic carbocycles. The molecule has 1 aliphatic heterocycles. The van der Waals surface area contributed by atoms with Crippen molar-refractivity contribution >= 4 is 23.3 Å². The normalized spacial score (nSPS) is 13.7. The van der Waals surface area contributed by atoms with Gasteiger partial charge in [0.25, 0.3) is 11.7 Å². The molecule has 0 saturated heterocycles. The summed E-state index contributed by atoms with van der Waals surface area (Å²) in [5.74, 6) is -2.27. The van der Waals surface area contributed by atoms with Crippen molar-refractivity contribution in [3.05, 3.63) is 53.0 Å². The Hall–Kier alpha value is -2.89. The molecule has 0 unspecified atom stereocenters. The Kier molecular flexibility index (Phi) is 2.86. The smallest absolute Gasteiger partial charge is 0.371 e. The van der Waals surface area contributed by atoms with Crippen LogP contribution in [-0.2, 0) is 11.3 Å². The monoisotopic (exact) mass is 285 g/mol. The lowest BCUT2D eigenvalue weighted by atomic mass is 10.1. The van der Waals surface area contributed by atoms with Gasteiger partial charge < -0.3 is 9.52 Å². The van der Waals surface area contributed by atoms with Crippen LogP contribution in [0.15, 0.2) is 34.7 Å². The second-order valence-electron chi connectivity index (χ2n) is 4.81. The quantitative estimate of drug-likeness (QED) is 0.871. The summed E-state index contributed by atoms with van der Waals surface area (Å²) in [5, 5.41) is 8.81. The van der Waals surface area contributed by atoms with Crippen LogP contribution in [0.3, 0.4) is 0 Å². The maximum absolute atomic E-state index is 12.0. The number of hydrogen-bond acceptors (Lipinski definition) is 4. The van der Waals surface area contributed by atoms with E-state index in [-0.39, 0.29) is 12.3 Å². The van der Waals surface area contributed by atoms with Gasteiger partial charge in [0.05, 0.1) is 17.8 Å². The minimum atomic E-state index is -1.18. The van der Waals surface area contributed by atoms with E-state index in [0.717, 1.165) is 5.56 Å². The Morgan fingerprint density at radius 2 is 2.00 bits per heavy atom. The number of nitrogens with zero attached hydrogens (tertiary/aromatic N) is 1. The first-order valence-corrected chi connectivity index (χ1v) is 6.26. The SMILES string of the molecule is Cc1ccc2c(c1)C(=O)C(=O)N2Cc1ccc(C(=O)O)o1. The van der Waals surface area contributed by atoms with E-state index in [9.17, 15) is 14.4 Å². The molecule has 0 atom stereocenters. The third kappa shape index (κ3) is 2.10. The molecule has 21 heavy (non-hydrogen) atoms. The number of carbonyl (C=O) groups excluding carboxylic acids is 2. The van der Waals surface area contributed by atoms with Crippen LogP contribution in [-0.4, -0.2) is 22.8 Å². The standard InChI is InChI=1S/C15H11NO5/c1-8-2-4-11-10(6-8)13(17)14(18)16(11)7-9-3-5-12(21-9)15(19)20/h2-6H,7H2,1H3,(H,19,20). The maximum atomic E-state index is 12.0. The van der Waals surface area contributed by atoms with Gasteiger partial charge in [0, 0.05) is 0 Å². The third-order valence-corrected chi connectivity index (χ3v) is 3.31. The fourth-order valence-corrected chi connectivity index (χ4v) is 2.30. The minimum absolute atomic E-state index is 0.0217. The number of carboxylic acids is 1. The number of ketones is 1. The number of Topliss-reactive ketones (excluding diaryl/α,β-unsaturated/α-hetero) is 1. The zero-order chi connectivity index (χ0) is 15.1. The average Bonchev–Trinajstić information content (AvgIpc) is 2.99. The summed E-state index contributed by atoms with van der Waals surface area (Å²) in [5.41, 5.74) is 1.77. The van der Waals surface area contributed by atoms with Gasteiger partial charge >= 0.3 is 5.97 Å². The van der Waals surface area contributed by atoms with Crippen LogP contribution in [0, 0.1) is 6.92 Å². The number of anilines is 1. The van der Waals surface area contributed by atoms with Gasteiger partial charge in [0.2, 0.25) is 5.76 Å². The topological polar surface area (TPSA) is 87.8 Å². The summed E-state index contributed by atoms with van der Waals surface area (Å²) < 4.78 is 5.12. The summed E-state index contributed by atoms with van der Waals surface area (Å²) in [4.78, 5) is 36.1. The molecule has 6 heteroatoms. The van der Waals surface area contributed by atoms with Crippen LogP contribution >= 0.6 is 0 Å². The van der Waals surface area contributed by atoms with E-state index < -0.39 is 17.7 Å². The molecule has 1 amide bonds. The number of aryl methyl sites for hydroxylation is 1. The molecular formula is C15H11NO5. The Balaban J connectivity index is 1.94. The number of hydrogen-bond donors (Lipinski definition) is 1. The number of aromatic carboxylic acids is 1. The van der Waals surface area contributed by atoms with E-state index in [1.807, 2.05) is 13.0 Å². The van der Waals surface area contributed by atoms with E-state index in [1.165, 1.54) is 17.0 Å². The van der Waals surface area contributed by atoms with Crippen molar-refractivity contribution in [2.24, 2.45) is 0 Å². The average molecular weight is 285 g/mol. The summed E-state index contributed by atoms with van der Waals surface area (Å²) in [6, 6.07) is 7.97. The number of carbonyl (C=O) groups is 3. The second kappa shape index (κ2) is 4.59. The van der Waals surface area contributed by atoms with Crippen molar-refractivity contribution in [1.82, 2.24) is 0 Å².